The Labute approximate surface area is 130 Å². The molecule has 1 aromatic heterocycles. The maximum Gasteiger partial charge on any atom is 0.416 e. The third kappa shape index (κ3) is 3.85. The first kappa shape index (κ1) is 16.0. The minimum absolute atomic E-state index is 0.202. The zero-order chi connectivity index (χ0) is 16.2. The second-order valence-corrected chi connectivity index (χ2v) is 4.71. The van der Waals surface area contributed by atoms with E-state index >= 15 is 0 Å². The van der Waals surface area contributed by atoms with Gasteiger partial charge in [0.05, 0.1) is 16.9 Å². The number of thiocarbonyl (C=S) groups is 1. The third-order valence-corrected chi connectivity index (χ3v) is 2.98. The van der Waals surface area contributed by atoms with Gasteiger partial charge in [-0.2, -0.15) is 18.3 Å². The fraction of sp³-hybridized carbons (Fsp3) is 0.143. The normalized spacial score (nSPS) is 11.0. The van der Waals surface area contributed by atoms with Gasteiger partial charge in [0.25, 0.3) is 0 Å². The monoisotopic (exact) mass is 326 g/mol. The van der Waals surface area contributed by atoms with Crippen molar-refractivity contribution < 1.29 is 13.2 Å². The molecule has 0 atom stereocenters. The van der Waals surface area contributed by atoms with E-state index in [4.69, 9.17) is 12.2 Å². The SMILES string of the molecule is C=CCNC(=S)Nc1cc(C(F)(F)F)ccc1-n1cccn1. The van der Waals surface area contributed by atoms with E-state index in [1.807, 2.05) is 0 Å². The summed E-state index contributed by atoms with van der Waals surface area (Å²) in [5.41, 5.74) is -0.0988. The lowest BCUT2D eigenvalue weighted by Crippen LogP contribution is -2.29. The first-order chi connectivity index (χ1) is 10.4. The molecular weight excluding hydrogens is 313 g/mol. The fourth-order valence-corrected chi connectivity index (χ4v) is 1.95. The Morgan fingerprint density at radius 3 is 2.77 bits per heavy atom. The molecule has 0 fully saturated rings. The van der Waals surface area contributed by atoms with Crippen LogP contribution in [0.15, 0.2) is 49.3 Å². The maximum absolute atomic E-state index is 12.9. The number of hydrogen-bond donors (Lipinski definition) is 2. The van der Waals surface area contributed by atoms with Crippen molar-refractivity contribution >= 4 is 23.0 Å². The Bertz CT molecular complexity index is 665. The summed E-state index contributed by atoms with van der Waals surface area (Å²) in [4.78, 5) is 0. The van der Waals surface area contributed by atoms with E-state index in [1.165, 1.54) is 16.9 Å². The van der Waals surface area contributed by atoms with Crippen LogP contribution in [0.2, 0.25) is 0 Å². The Hall–Kier alpha value is -2.35. The van der Waals surface area contributed by atoms with Gasteiger partial charge in [-0.3, -0.25) is 0 Å². The van der Waals surface area contributed by atoms with E-state index in [0.717, 1.165) is 12.1 Å². The number of alkyl halides is 3. The number of halogens is 3. The molecule has 0 saturated heterocycles. The van der Waals surface area contributed by atoms with E-state index in [2.05, 4.69) is 22.3 Å². The number of hydrogen-bond acceptors (Lipinski definition) is 2. The zero-order valence-corrected chi connectivity index (χ0v) is 12.2. The summed E-state index contributed by atoms with van der Waals surface area (Å²) in [5.74, 6) is 0. The van der Waals surface area contributed by atoms with Crippen LogP contribution in [-0.4, -0.2) is 21.4 Å². The molecule has 0 unspecified atom stereocenters. The average molecular weight is 326 g/mol. The van der Waals surface area contributed by atoms with Crippen molar-refractivity contribution in [2.45, 2.75) is 6.18 Å². The molecule has 116 valence electrons. The summed E-state index contributed by atoms with van der Waals surface area (Å²) in [6, 6.07) is 5.02. The lowest BCUT2D eigenvalue weighted by molar-refractivity contribution is -0.137. The summed E-state index contributed by atoms with van der Waals surface area (Å²) in [6.07, 6.45) is 0.327. The molecule has 0 spiro atoms. The van der Waals surface area contributed by atoms with Crippen LogP contribution >= 0.6 is 12.2 Å². The van der Waals surface area contributed by atoms with Gasteiger partial charge < -0.3 is 10.6 Å². The highest BCUT2D eigenvalue weighted by Gasteiger charge is 2.31. The Balaban J connectivity index is 2.37. The number of nitrogens with one attached hydrogen (secondary N) is 2. The minimum Gasteiger partial charge on any atom is -0.359 e. The summed E-state index contributed by atoms with van der Waals surface area (Å²) in [7, 11) is 0. The molecule has 0 amide bonds. The van der Waals surface area contributed by atoms with Crippen molar-refractivity contribution in [1.29, 1.82) is 0 Å². The highest BCUT2D eigenvalue weighted by atomic mass is 32.1. The standard InChI is InChI=1S/C14H13F3N4S/c1-2-6-18-13(22)20-11-9-10(14(15,16)17)4-5-12(11)21-8-3-7-19-21/h2-5,7-9H,1,6H2,(H2,18,20,22). The molecule has 0 aliphatic rings. The first-order valence-electron chi connectivity index (χ1n) is 6.29. The van der Waals surface area contributed by atoms with Gasteiger partial charge in [0.15, 0.2) is 5.11 Å². The van der Waals surface area contributed by atoms with E-state index in [1.54, 1.807) is 18.3 Å². The van der Waals surface area contributed by atoms with Crippen molar-refractivity contribution in [3.63, 3.8) is 0 Å². The summed E-state index contributed by atoms with van der Waals surface area (Å²) < 4.78 is 40.1. The molecule has 8 heteroatoms. The van der Waals surface area contributed by atoms with E-state index < -0.39 is 11.7 Å². The molecular formula is C14H13F3N4S. The van der Waals surface area contributed by atoms with Crippen LogP contribution in [0.4, 0.5) is 18.9 Å². The third-order valence-electron chi connectivity index (χ3n) is 2.73. The highest BCUT2D eigenvalue weighted by Crippen LogP contribution is 2.33. The van der Waals surface area contributed by atoms with Crippen LogP contribution < -0.4 is 10.6 Å². The minimum atomic E-state index is -4.44. The number of anilines is 1. The van der Waals surface area contributed by atoms with Crippen LogP contribution in [0.25, 0.3) is 5.69 Å². The Morgan fingerprint density at radius 2 is 2.18 bits per heavy atom. The molecule has 2 aromatic rings. The topological polar surface area (TPSA) is 41.9 Å². The largest absolute Gasteiger partial charge is 0.416 e. The molecule has 2 N–H and O–H groups in total. The van der Waals surface area contributed by atoms with E-state index in [-0.39, 0.29) is 10.8 Å². The molecule has 4 nitrogen and oxygen atoms in total. The van der Waals surface area contributed by atoms with Crippen molar-refractivity contribution in [3.05, 3.63) is 54.9 Å². The average Bonchev–Trinajstić information content (AvgIpc) is 2.98. The van der Waals surface area contributed by atoms with Gasteiger partial charge in [-0.1, -0.05) is 6.08 Å². The molecule has 1 heterocycles. The van der Waals surface area contributed by atoms with Crippen LogP contribution in [0.3, 0.4) is 0 Å². The van der Waals surface area contributed by atoms with Gasteiger partial charge in [-0.25, -0.2) is 4.68 Å². The molecule has 0 bridgehead atoms. The second-order valence-electron chi connectivity index (χ2n) is 4.30. The van der Waals surface area contributed by atoms with Gasteiger partial charge in [-0.05, 0) is 36.5 Å². The van der Waals surface area contributed by atoms with Crippen LogP contribution in [0, 0.1) is 0 Å². The molecule has 0 aliphatic heterocycles. The number of rotatable bonds is 4. The van der Waals surface area contributed by atoms with Crippen molar-refractivity contribution in [2.24, 2.45) is 0 Å². The molecule has 0 saturated carbocycles. The quantitative estimate of drug-likeness (QED) is 0.668. The maximum atomic E-state index is 12.9. The van der Waals surface area contributed by atoms with Crippen molar-refractivity contribution in [3.8, 4) is 5.69 Å². The lowest BCUT2D eigenvalue weighted by atomic mass is 10.1. The number of benzene rings is 1. The van der Waals surface area contributed by atoms with Gasteiger partial charge in [0.2, 0.25) is 0 Å². The highest BCUT2D eigenvalue weighted by molar-refractivity contribution is 7.80. The molecule has 2 rings (SSSR count). The Morgan fingerprint density at radius 1 is 1.41 bits per heavy atom. The number of nitrogens with zero attached hydrogens (tertiary/aromatic N) is 2. The lowest BCUT2D eigenvalue weighted by Gasteiger charge is -2.16. The van der Waals surface area contributed by atoms with Gasteiger partial charge >= 0.3 is 6.18 Å². The van der Waals surface area contributed by atoms with Gasteiger partial charge in [0, 0.05) is 18.9 Å². The molecule has 0 aliphatic carbocycles. The van der Waals surface area contributed by atoms with Crippen molar-refractivity contribution in [1.82, 2.24) is 15.1 Å². The molecule has 0 radical (unpaired) electrons. The van der Waals surface area contributed by atoms with Crippen LogP contribution in [0.5, 0.6) is 0 Å². The molecule has 1 aromatic carbocycles. The van der Waals surface area contributed by atoms with Crippen LogP contribution in [0.1, 0.15) is 5.56 Å². The summed E-state index contributed by atoms with van der Waals surface area (Å²) >= 11 is 5.05. The van der Waals surface area contributed by atoms with Gasteiger partial charge in [0.1, 0.15) is 0 Å². The van der Waals surface area contributed by atoms with Gasteiger partial charge in [-0.15, -0.1) is 6.58 Å². The number of aromatic nitrogens is 2. The summed E-state index contributed by atoms with van der Waals surface area (Å²) in [5, 5.41) is 9.79. The second kappa shape index (κ2) is 6.61. The fourth-order valence-electron chi connectivity index (χ4n) is 1.75. The van der Waals surface area contributed by atoms with E-state index in [0.29, 0.717) is 12.2 Å². The van der Waals surface area contributed by atoms with E-state index in [9.17, 15) is 13.2 Å². The Kier molecular flexibility index (Phi) is 4.81. The van der Waals surface area contributed by atoms with Crippen LogP contribution in [-0.2, 0) is 6.18 Å². The smallest absolute Gasteiger partial charge is 0.359 e. The predicted molar refractivity (Wildman–Crippen MR) is 83.0 cm³/mol. The zero-order valence-electron chi connectivity index (χ0n) is 11.4. The first-order valence-corrected chi connectivity index (χ1v) is 6.69. The van der Waals surface area contributed by atoms with Crippen molar-refractivity contribution in [2.75, 3.05) is 11.9 Å². The predicted octanol–water partition coefficient (Wildman–Crippen LogP) is 3.36. The summed E-state index contributed by atoms with van der Waals surface area (Å²) in [6.45, 7) is 3.94. The molecule has 22 heavy (non-hydrogen) atoms.